The zero-order valence-corrected chi connectivity index (χ0v) is 25.9. The lowest BCUT2D eigenvalue weighted by Gasteiger charge is -2.33. The van der Waals surface area contributed by atoms with Gasteiger partial charge in [-0.25, -0.2) is 17.5 Å². The summed E-state index contributed by atoms with van der Waals surface area (Å²) in [6, 6.07) is 10.3. The lowest BCUT2D eigenvalue weighted by atomic mass is 9.93. The van der Waals surface area contributed by atoms with Crippen molar-refractivity contribution < 1.29 is 17.6 Å². The Balaban J connectivity index is 1.34. The highest BCUT2D eigenvalue weighted by molar-refractivity contribution is 7.88. The van der Waals surface area contributed by atoms with Crippen molar-refractivity contribution in [3.63, 3.8) is 0 Å². The number of halogens is 3. The van der Waals surface area contributed by atoms with Crippen LogP contribution in [0.5, 0.6) is 0 Å². The van der Waals surface area contributed by atoms with Crippen LogP contribution in [0.25, 0.3) is 22.4 Å². The molecule has 4 aromatic rings. The van der Waals surface area contributed by atoms with Crippen molar-refractivity contribution in [1.82, 2.24) is 24.4 Å². The van der Waals surface area contributed by atoms with E-state index in [1.54, 1.807) is 15.6 Å². The molecule has 0 radical (unpaired) electrons. The minimum absolute atomic E-state index is 0.0157. The molecule has 0 bridgehead atoms. The number of nitrogens with zero attached hydrogens (tertiary/aromatic N) is 3. The van der Waals surface area contributed by atoms with Crippen molar-refractivity contribution in [2.45, 2.75) is 37.8 Å². The molecule has 0 spiro atoms. The molecule has 1 amide bonds. The van der Waals surface area contributed by atoms with Gasteiger partial charge in [-0.1, -0.05) is 23.2 Å². The van der Waals surface area contributed by atoms with E-state index < -0.39 is 33.3 Å². The standard InChI is InChI=1S/C30H28Cl2FN5O4S/c1-16-27-22(28(37(2)35-27)18-10-19(12-20(31)11-18)30(7-8-30)36-43(3,41)42)6-9-38(16)29(40)24-14-21(33)13-23(26(24)32)17-4-5-25(39)34-15-17/h4-5,10-16,36H,6-9H2,1-3H3,(H,34,39). The van der Waals surface area contributed by atoms with Gasteiger partial charge in [0.2, 0.25) is 15.6 Å². The third-order valence-electron chi connectivity index (χ3n) is 8.12. The van der Waals surface area contributed by atoms with Gasteiger partial charge in [0.05, 0.1) is 39.8 Å². The number of pyridine rings is 1. The number of aromatic amines is 1. The van der Waals surface area contributed by atoms with Crippen LogP contribution in [0.2, 0.25) is 10.0 Å². The predicted molar refractivity (Wildman–Crippen MR) is 163 cm³/mol. The quantitative estimate of drug-likeness (QED) is 0.300. The van der Waals surface area contributed by atoms with Gasteiger partial charge in [-0.3, -0.25) is 14.3 Å². The van der Waals surface area contributed by atoms with Crippen molar-refractivity contribution in [2.75, 3.05) is 12.8 Å². The number of carbonyl (C=O) groups is 1. The Morgan fingerprint density at radius 2 is 1.88 bits per heavy atom. The number of fused-ring (bicyclic) bond motifs is 1. The van der Waals surface area contributed by atoms with E-state index in [-0.39, 0.29) is 16.1 Å². The number of carbonyl (C=O) groups excluding carboxylic acids is 1. The Morgan fingerprint density at radius 3 is 2.53 bits per heavy atom. The molecule has 2 aliphatic rings. The second-order valence-corrected chi connectivity index (χ2v) is 13.8. The van der Waals surface area contributed by atoms with Gasteiger partial charge in [-0.05, 0) is 73.7 Å². The molecule has 1 atom stereocenters. The lowest BCUT2D eigenvalue weighted by Crippen LogP contribution is -2.39. The molecule has 1 fully saturated rings. The number of nitrogens with one attached hydrogen (secondary N) is 2. The summed E-state index contributed by atoms with van der Waals surface area (Å²) >= 11 is 13.2. The second-order valence-electron chi connectivity index (χ2n) is 11.2. The summed E-state index contributed by atoms with van der Waals surface area (Å²) in [5, 5.41) is 5.33. The van der Waals surface area contributed by atoms with Crippen LogP contribution in [0.1, 0.15) is 53.0 Å². The average Bonchev–Trinajstić information content (AvgIpc) is 3.62. The topological polar surface area (TPSA) is 117 Å². The number of amides is 1. The van der Waals surface area contributed by atoms with Gasteiger partial charge in [0.15, 0.2) is 0 Å². The Kier molecular flexibility index (Phi) is 7.28. The Morgan fingerprint density at radius 1 is 1.14 bits per heavy atom. The van der Waals surface area contributed by atoms with Gasteiger partial charge < -0.3 is 9.88 Å². The molecule has 1 unspecified atom stereocenters. The molecular weight excluding hydrogens is 616 g/mol. The van der Waals surface area contributed by atoms with E-state index in [1.165, 1.54) is 24.4 Å². The SMILES string of the molecule is CC1c2nn(C)c(-c3cc(Cl)cc(C4(NS(C)(=O)=O)CC4)c3)c2CCN1C(=O)c1cc(F)cc(-c2ccc(=O)[nH]c2)c1Cl. The van der Waals surface area contributed by atoms with Crippen LogP contribution in [-0.2, 0) is 29.0 Å². The van der Waals surface area contributed by atoms with Crippen LogP contribution in [0, 0.1) is 5.82 Å². The van der Waals surface area contributed by atoms with E-state index in [0.717, 1.165) is 34.7 Å². The third kappa shape index (κ3) is 5.50. The predicted octanol–water partition coefficient (Wildman–Crippen LogP) is 5.19. The fourth-order valence-corrected chi connectivity index (χ4v) is 7.57. The monoisotopic (exact) mass is 643 g/mol. The second kappa shape index (κ2) is 10.6. The smallest absolute Gasteiger partial charge is 0.256 e. The number of aryl methyl sites for hydroxylation is 1. The first-order valence-electron chi connectivity index (χ1n) is 13.6. The number of rotatable bonds is 6. The van der Waals surface area contributed by atoms with E-state index in [2.05, 4.69) is 9.71 Å². The highest BCUT2D eigenvalue weighted by atomic mass is 35.5. The number of sulfonamides is 1. The first-order chi connectivity index (χ1) is 20.3. The van der Waals surface area contributed by atoms with Crippen LogP contribution >= 0.6 is 23.2 Å². The molecule has 1 saturated carbocycles. The molecule has 43 heavy (non-hydrogen) atoms. The van der Waals surface area contributed by atoms with Crippen LogP contribution in [0.15, 0.2) is 53.5 Å². The lowest BCUT2D eigenvalue weighted by molar-refractivity contribution is 0.0673. The summed E-state index contributed by atoms with van der Waals surface area (Å²) in [5.74, 6) is -1.07. The van der Waals surface area contributed by atoms with E-state index in [9.17, 15) is 22.4 Å². The number of hydrogen-bond donors (Lipinski definition) is 2. The van der Waals surface area contributed by atoms with Crippen molar-refractivity contribution in [1.29, 1.82) is 0 Å². The molecule has 3 heterocycles. The maximum atomic E-state index is 14.8. The van der Waals surface area contributed by atoms with Crippen molar-refractivity contribution in [3.8, 4) is 22.4 Å². The number of benzene rings is 2. The van der Waals surface area contributed by atoms with E-state index in [1.807, 2.05) is 26.1 Å². The summed E-state index contributed by atoms with van der Waals surface area (Å²) in [6.07, 6.45) is 4.38. The van der Waals surface area contributed by atoms with E-state index >= 15 is 0 Å². The van der Waals surface area contributed by atoms with Gasteiger partial charge in [0.1, 0.15) is 5.82 Å². The molecule has 9 nitrogen and oxygen atoms in total. The molecule has 224 valence electrons. The minimum atomic E-state index is -3.44. The fourth-order valence-electron chi connectivity index (χ4n) is 6.00. The van der Waals surface area contributed by atoms with Gasteiger partial charge in [-0.2, -0.15) is 5.10 Å². The number of H-pyrrole nitrogens is 1. The Hall–Kier alpha value is -3.51. The zero-order chi connectivity index (χ0) is 30.8. The van der Waals surface area contributed by atoms with Crippen LogP contribution in [0.3, 0.4) is 0 Å². The maximum absolute atomic E-state index is 14.8. The van der Waals surface area contributed by atoms with E-state index in [0.29, 0.717) is 47.7 Å². The Labute approximate surface area is 257 Å². The summed E-state index contributed by atoms with van der Waals surface area (Å²) in [4.78, 5) is 29.5. The number of hydrogen-bond acceptors (Lipinski definition) is 5. The van der Waals surface area contributed by atoms with Crippen LogP contribution < -0.4 is 10.3 Å². The Bertz CT molecular complexity index is 1950. The zero-order valence-electron chi connectivity index (χ0n) is 23.5. The van der Waals surface area contributed by atoms with Gasteiger partial charge in [0, 0.05) is 47.6 Å². The molecule has 1 aliphatic heterocycles. The molecule has 13 heteroatoms. The summed E-state index contributed by atoms with van der Waals surface area (Å²) in [7, 11) is -1.62. The van der Waals surface area contributed by atoms with Crippen LogP contribution in [0.4, 0.5) is 4.39 Å². The largest absolute Gasteiger partial charge is 0.330 e. The fraction of sp³-hybridized carbons (Fsp3) is 0.300. The molecular formula is C30H28Cl2FN5O4S. The number of aromatic nitrogens is 3. The molecule has 2 aromatic carbocycles. The summed E-state index contributed by atoms with van der Waals surface area (Å²) < 4.78 is 43.3. The first kappa shape index (κ1) is 29.6. The normalized spacial score (nSPS) is 17.5. The van der Waals surface area contributed by atoms with Crippen LogP contribution in [-0.4, -0.2) is 46.8 Å². The molecule has 1 aliphatic carbocycles. The van der Waals surface area contributed by atoms with Gasteiger partial charge >= 0.3 is 0 Å². The molecule has 6 rings (SSSR count). The first-order valence-corrected chi connectivity index (χ1v) is 16.3. The maximum Gasteiger partial charge on any atom is 0.256 e. The van der Waals surface area contributed by atoms with Crippen molar-refractivity contribution >= 4 is 39.1 Å². The molecule has 2 aromatic heterocycles. The average molecular weight is 645 g/mol. The third-order valence-corrected chi connectivity index (χ3v) is 9.51. The van der Waals surface area contributed by atoms with Gasteiger partial charge in [-0.15, -0.1) is 0 Å². The van der Waals surface area contributed by atoms with E-state index in [4.69, 9.17) is 28.3 Å². The summed E-state index contributed by atoms with van der Waals surface area (Å²) in [6.45, 7) is 2.20. The van der Waals surface area contributed by atoms with Gasteiger partial charge in [0.25, 0.3) is 5.91 Å². The molecule has 0 saturated heterocycles. The van der Waals surface area contributed by atoms with Crippen molar-refractivity contribution in [3.05, 3.63) is 97.3 Å². The molecule has 2 N–H and O–H groups in total. The summed E-state index contributed by atoms with van der Waals surface area (Å²) in [5.41, 5.74) is 3.85. The van der Waals surface area contributed by atoms with Crippen molar-refractivity contribution in [2.24, 2.45) is 7.05 Å². The minimum Gasteiger partial charge on any atom is -0.330 e. The highest BCUT2D eigenvalue weighted by Crippen LogP contribution is 2.48. The highest BCUT2D eigenvalue weighted by Gasteiger charge is 2.47.